The fraction of sp³-hybridized carbons (Fsp3) is 0.435. The number of aryl methyl sites for hydroxylation is 1. The topological polar surface area (TPSA) is 63.0 Å². The number of carbonyl (C=O) groups excluding carboxylic acids is 1. The molecule has 1 aromatic carbocycles. The van der Waals surface area contributed by atoms with Gasteiger partial charge < -0.3 is 4.74 Å². The summed E-state index contributed by atoms with van der Waals surface area (Å²) in [4.78, 5) is 17.5. The monoisotopic (exact) mass is 364 g/mol. The number of nitriles is 1. The summed E-state index contributed by atoms with van der Waals surface area (Å²) in [7, 11) is 1.37. The molecule has 1 heterocycles. The standard InChI is InChI=1S/C23H28N2O2/c1-14(2)11-19-18(13-24)21(17-9-7-16(5)8-10-17)22(23(26)27-6)20(25-19)12-15(3)4/h7-10,14-15H,11-12H2,1-6H3. The Bertz CT molecular complexity index is 859. The zero-order valence-corrected chi connectivity index (χ0v) is 17.1. The first-order valence-electron chi connectivity index (χ1n) is 9.39. The fourth-order valence-corrected chi connectivity index (χ4v) is 3.21. The van der Waals surface area contributed by atoms with E-state index in [2.05, 4.69) is 33.8 Å². The molecule has 0 aliphatic carbocycles. The summed E-state index contributed by atoms with van der Waals surface area (Å²) >= 11 is 0. The van der Waals surface area contributed by atoms with Gasteiger partial charge >= 0.3 is 5.97 Å². The Morgan fingerprint density at radius 1 is 1.07 bits per heavy atom. The molecular weight excluding hydrogens is 336 g/mol. The van der Waals surface area contributed by atoms with Crippen molar-refractivity contribution in [2.24, 2.45) is 11.8 Å². The van der Waals surface area contributed by atoms with Crippen LogP contribution in [-0.2, 0) is 17.6 Å². The molecule has 0 spiro atoms. The molecule has 2 rings (SSSR count). The van der Waals surface area contributed by atoms with Gasteiger partial charge in [-0.15, -0.1) is 0 Å². The van der Waals surface area contributed by atoms with Crippen molar-refractivity contribution in [1.29, 1.82) is 5.26 Å². The van der Waals surface area contributed by atoms with Crippen molar-refractivity contribution in [3.05, 3.63) is 52.3 Å². The van der Waals surface area contributed by atoms with Gasteiger partial charge in [-0.3, -0.25) is 4.98 Å². The van der Waals surface area contributed by atoms with Crippen molar-refractivity contribution in [2.75, 3.05) is 7.11 Å². The summed E-state index contributed by atoms with van der Waals surface area (Å²) in [5, 5.41) is 9.94. The number of aromatic nitrogens is 1. The second-order valence-electron chi connectivity index (χ2n) is 7.80. The summed E-state index contributed by atoms with van der Waals surface area (Å²) in [6.07, 6.45) is 1.34. The Balaban J connectivity index is 2.90. The van der Waals surface area contributed by atoms with Crippen LogP contribution in [0.15, 0.2) is 24.3 Å². The highest BCUT2D eigenvalue weighted by molar-refractivity contribution is 6.00. The molecule has 0 aliphatic rings. The van der Waals surface area contributed by atoms with Crippen molar-refractivity contribution in [3.8, 4) is 17.2 Å². The molecule has 0 atom stereocenters. The van der Waals surface area contributed by atoms with Crippen LogP contribution in [0.2, 0.25) is 0 Å². The minimum absolute atomic E-state index is 0.326. The van der Waals surface area contributed by atoms with E-state index >= 15 is 0 Å². The Hall–Kier alpha value is -2.67. The lowest BCUT2D eigenvalue weighted by molar-refractivity contribution is 0.0599. The van der Waals surface area contributed by atoms with Crippen LogP contribution < -0.4 is 0 Å². The molecule has 142 valence electrons. The molecule has 0 N–H and O–H groups in total. The molecule has 0 saturated carbocycles. The lowest BCUT2D eigenvalue weighted by Gasteiger charge is -2.19. The predicted octanol–water partition coefficient (Wildman–Crippen LogP) is 5.11. The molecule has 2 aromatic rings. The third kappa shape index (κ3) is 4.74. The largest absolute Gasteiger partial charge is 0.465 e. The summed E-state index contributed by atoms with van der Waals surface area (Å²) in [5.41, 5.74) is 4.96. The summed E-state index contributed by atoms with van der Waals surface area (Å²) in [5.74, 6) is 0.235. The van der Waals surface area contributed by atoms with Gasteiger partial charge in [-0.05, 0) is 37.2 Å². The second kappa shape index (κ2) is 8.81. The van der Waals surface area contributed by atoms with E-state index in [1.807, 2.05) is 31.2 Å². The first-order chi connectivity index (χ1) is 12.8. The summed E-state index contributed by atoms with van der Waals surface area (Å²) in [6, 6.07) is 10.2. The highest BCUT2D eigenvalue weighted by Crippen LogP contribution is 2.33. The van der Waals surface area contributed by atoms with E-state index in [9.17, 15) is 10.1 Å². The number of hydrogen-bond donors (Lipinski definition) is 0. The molecule has 0 amide bonds. The minimum Gasteiger partial charge on any atom is -0.465 e. The Morgan fingerprint density at radius 2 is 1.63 bits per heavy atom. The van der Waals surface area contributed by atoms with Crippen LogP contribution in [0.4, 0.5) is 0 Å². The molecular formula is C23H28N2O2. The zero-order chi connectivity index (χ0) is 20.1. The molecule has 0 radical (unpaired) electrons. The Labute approximate surface area is 162 Å². The zero-order valence-electron chi connectivity index (χ0n) is 17.1. The van der Waals surface area contributed by atoms with Gasteiger partial charge in [-0.2, -0.15) is 5.26 Å². The van der Waals surface area contributed by atoms with Gasteiger partial charge in [0.2, 0.25) is 0 Å². The molecule has 0 bridgehead atoms. The number of rotatable bonds is 6. The molecule has 0 saturated heterocycles. The molecule has 0 fully saturated rings. The predicted molar refractivity (Wildman–Crippen MR) is 108 cm³/mol. The summed E-state index contributed by atoms with van der Waals surface area (Å²) in [6.45, 7) is 10.4. The van der Waals surface area contributed by atoms with E-state index < -0.39 is 5.97 Å². The maximum atomic E-state index is 12.7. The number of pyridine rings is 1. The van der Waals surface area contributed by atoms with E-state index in [-0.39, 0.29) is 0 Å². The first kappa shape index (κ1) is 20.6. The van der Waals surface area contributed by atoms with Gasteiger partial charge in [0, 0.05) is 5.56 Å². The third-order valence-corrected chi connectivity index (χ3v) is 4.39. The van der Waals surface area contributed by atoms with Crippen LogP contribution in [0, 0.1) is 30.1 Å². The van der Waals surface area contributed by atoms with Crippen LogP contribution >= 0.6 is 0 Å². The highest BCUT2D eigenvalue weighted by atomic mass is 16.5. The van der Waals surface area contributed by atoms with Crippen LogP contribution in [0.3, 0.4) is 0 Å². The molecule has 4 nitrogen and oxygen atoms in total. The third-order valence-electron chi connectivity index (χ3n) is 4.39. The average Bonchev–Trinajstić information content (AvgIpc) is 2.60. The number of benzene rings is 1. The van der Waals surface area contributed by atoms with Gasteiger partial charge in [0.1, 0.15) is 6.07 Å². The van der Waals surface area contributed by atoms with Gasteiger partial charge in [0.25, 0.3) is 0 Å². The lowest BCUT2D eigenvalue weighted by Crippen LogP contribution is -2.16. The van der Waals surface area contributed by atoms with E-state index in [0.29, 0.717) is 47.1 Å². The van der Waals surface area contributed by atoms with Crippen molar-refractivity contribution in [3.63, 3.8) is 0 Å². The summed E-state index contributed by atoms with van der Waals surface area (Å²) < 4.78 is 5.08. The number of methoxy groups -OCH3 is 1. The molecule has 27 heavy (non-hydrogen) atoms. The number of carbonyl (C=O) groups is 1. The Morgan fingerprint density at radius 3 is 2.11 bits per heavy atom. The van der Waals surface area contributed by atoms with E-state index in [4.69, 9.17) is 9.72 Å². The van der Waals surface area contributed by atoms with Crippen molar-refractivity contribution in [2.45, 2.75) is 47.5 Å². The second-order valence-corrected chi connectivity index (χ2v) is 7.80. The van der Waals surface area contributed by atoms with Crippen molar-refractivity contribution >= 4 is 5.97 Å². The quantitative estimate of drug-likeness (QED) is 0.668. The van der Waals surface area contributed by atoms with E-state index in [1.54, 1.807) is 0 Å². The van der Waals surface area contributed by atoms with Crippen LogP contribution in [-0.4, -0.2) is 18.1 Å². The van der Waals surface area contributed by atoms with Crippen LogP contribution in [0.1, 0.15) is 60.6 Å². The normalized spacial score (nSPS) is 10.9. The fourth-order valence-electron chi connectivity index (χ4n) is 3.21. The maximum absolute atomic E-state index is 12.7. The number of esters is 1. The molecule has 1 aromatic heterocycles. The van der Waals surface area contributed by atoms with Crippen LogP contribution in [0.25, 0.3) is 11.1 Å². The number of ether oxygens (including phenoxy) is 1. The molecule has 0 aliphatic heterocycles. The van der Waals surface area contributed by atoms with Gasteiger partial charge in [-0.1, -0.05) is 57.5 Å². The van der Waals surface area contributed by atoms with Gasteiger partial charge in [0.05, 0.1) is 29.6 Å². The maximum Gasteiger partial charge on any atom is 0.340 e. The average molecular weight is 364 g/mol. The number of hydrogen-bond acceptors (Lipinski definition) is 4. The van der Waals surface area contributed by atoms with Gasteiger partial charge in [0.15, 0.2) is 0 Å². The smallest absolute Gasteiger partial charge is 0.340 e. The lowest BCUT2D eigenvalue weighted by atomic mass is 9.88. The van der Waals surface area contributed by atoms with Crippen LogP contribution in [0.5, 0.6) is 0 Å². The number of nitrogens with zero attached hydrogens (tertiary/aromatic N) is 2. The SMILES string of the molecule is COC(=O)c1c(CC(C)C)nc(CC(C)C)c(C#N)c1-c1ccc(C)cc1. The van der Waals surface area contributed by atoms with Crippen molar-refractivity contribution < 1.29 is 9.53 Å². The highest BCUT2D eigenvalue weighted by Gasteiger charge is 2.26. The van der Waals surface area contributed by atoms with E-state index in [1.165, 1.54) is 7.11 Å². The molecule has 4 heteroatoms. The minimum atomic E-state index is -0.443. The Kier molecular flexibility index (Phi) is 6.74. The molecule has 0 unspecified atom stereocenters. The van der Waals surface area contributed by atoms with Gasteiger partial charge in [-0.25, -0.2) is 4.79 Å². The van der Waals surface area contributed by atoms with E-state index in [0.717, 1.165) is 16.8 Å². The first-order valence-corrected chi connectivity index (χ1v) is 9.39. The van der Waals surface area contributed by atoms with Crippen molar-refractivity contribution in [1.82, 2.24) is 4.98 Å².